The zero-order valence-corrected chi connectivity index (χ0v) is 28.0. The van der Waals surface area contributed by atoms with Gasteiger partial charge in [0.1, 0.15) is 29.2 Å². The van der Waals surface area contributed by atoms with Crippen LogP contribution in [0.15, 0.2) is 78.9 Å². The average Bonchev–Trinajstić information content (AvgIpc) is 3.12. The van der Waals surface area contributed by atoms with E-state index in [0.29, 0.717) is 37.7 Å². The lowest BCUT2D eigenvalue weighted by atomic mass is 9.80. The lowest BCUT2D eigenvalue weighted by molar-refractivity contribution is -0.138. The standard InChI is InChI=1S/C38H44FN5O6/c39-29-16-7-5-14-27(29)18-22-41-36(48)31-25-33(45)44-38(19-9-2-10-20-38)37(49)43-30(24-26-12-3-1-4-13-26)35(47)40-21-11-23-50-32-17-8-6-15-28(32)34(46)42-31/h1,3-8,12-17,30-31H,2,9-11,18-25H2,(H,40,47)(H,41,48)(H,42,46)(H,43,49)(H,44,45)/t30-,31-/m0/s1. The Morgan fingerprint density at radius 3 is 2.36 bits per heavy atom. The summed E-state index contributed by atoms with van der Waals surface area (Å²) >= 11 is 0. The predicted molar refractivity (Wildman–Crippen MR) is 185 cm³/mol. The number of hydrogen-bond acceptors (Lipinski definition) is 6. The van der Waals surface area contributed by atoms with Crippen LogP contribution in [0.1, 0.15) is 66.4 Å². The van der Waals surface area contributed by atoms with E-state index in [4.69, 9.17) is 4.74 Å². The minimum absolute atomic E-state index is 0.0602. The summed E-state index contributed by atoms with van der Waals surface area (Å²) in [5.74, 6) is -2.86. The Balaban J connectivity index is 1.41. The van der Waals surface area contributed by atoms with Gasteiger partial charge in [-0.25, -0.2) is 4.39 Å². The highest BCUT2D eigenvalue weighted by Crippen LogP contribution is 2.29. The minimum Gasteiger partial charge on any atom is -0.493 e. The van der Waals surface area contributed by atoms with Crippen LogP contribution in [0, 0.1) is 5.82 Å². The molecule has 5 N–H and O–H groups in total. The van der Waals surface area contributed by atoms with Crippen molar-refractivity contribution >= 4 is 29.5 Å². The van der Waals surface area contributed by atoms with E-state index in [1.165, 1.54) is 6.07 Å². The first-order chi connectivity index (χ1) is 24.2. The first kappa shape index (κ1) is 36.0. The van der Waals surface area contributed by atoms with Crippen molar-refractivity contribution in [1.29, 1.82) is 0 Å². The van der Waals surface area contributed by atoms with Gasteiger partial charge in [0.25, 0.3) is 5.91 Å². The molecule has 1 heterocycles. The maximum absolute atomic E-state index is 14.2. The van der Waals surface area contributed by atoms with Gasteiger partial charge in [-0.3, -0.25) is 24.0 Å². The van der Waals surface area contributed by atoms with Crippen molar-refractivity contribution in [3.05, 3.63) is 101 Å². The van der Waals surface area contributed by atoms with Gasteiger partial charge in [0.05, 0.1) is 18.6 Å². The van der Waals surface area contributed by atoms with E-state index in [1.54, 1.807) is 42.5 Å². The van der Waals surface area contributed by atoms with Gasteiger partial charge in [0, 0.05) is 19.5 Å². The molecule has 12 heteroatoms. The number of nitrogens with one attached hydrogen (secondary N) is 5. The number of benzene rings is 3. The van der Waals surface area contributed by atoms with Crippen LogP contribution < -0.4 is 31.3 Å². The Morgan fingerprint density at radius 1 is 0.860 bits per heavy atom. The van der Waals surface area contributed by atoms with Crippen molar-refractivity contribution in [2.24, 2.45) is 0 Å². The van der Waals surface area contributed by atoms with Crippen LogP contribution in [0.5, 0.6) is 5.75 Å². The van der Waals surface area contributed by atoms with Crippen molar-refractivity contribution in [3.8, 4) is 5.75 Å². The third-order valence-electron chi connectivity index (χ3n) is 9.10. The number of hydrogen-bond donors (Lipinski definition) is 5. The van der Waals surface area contributed by atoms with Gasteiger partial charge >= 0.3 is 0 Å². The van der Waals surface area contributed by atoms with E-state index < -0.39 is 53.5 Å². The molecule has 50 heavy (non-hydrogen) atoms. The second-order valence-corrected chi connectivity index (χ2v) is 12.8. The first-order valence-corrected chi connectivity index (χ1v) is 17.2. The van der Waals surface area contributed by atoms with Gasteiger partial charge in [-0.2, -0.15) is 0 Å². The van der Waals surface area contributed by atoms with Gasteiger partial charge in [-0.15, -0.1) is 0 Å². The summed E-state index contributed by atoms with van der Waals surface area (Å²) in [5, 5.41) is 14.1. The van der Waals surface area contributed by atoms with Crippen molar-refractivity contribution in [1.82, 2.24) is 26.6 Å². The number of carbonyl (C=O) groups is 5. The van der Waals surface area contributed by atoms with E-state index in [2.05, 4.69) is 26.6 Å². The molecule has 11 nitrogen and oxygen atoms in total. The Bertz CT molecular complexity index is 1660. The van der Waals surface area contributed by atoms with E-state index in [1.807, 2.05) is 30.3 Å². The molecule has 0 aromatic heterocycles. The van der Waals surface area contributed by atoms with Crippen molar-refractivity contribution in [2.75, 3.05) is 19.7 Å². The highest BCUT2D eigenvalue weighted by molar-refractivity contribution is 6.01. The fraction of sp³-hybridized carbons (Fsp3) is 0.395. The second kappa shape index (κ2) is 17.4. The number of carbonyl (C=O) groups excluding carboxylic acids is 5. The summed E-state index contributed by atoms with van der Waals surface area (Å²) in [6, 6.07) is 19.9. The van der Waals surface area contributed by atoms with Gasteiger partial charge in [0.15, 0.2) is 0 Å². The summed E-state index contributed by atoms with van der Waals surface area (Å²) < 4.78 is 20.1. The molecule has 1 aliphatic carbocycles. The summed E-state index contributed by atoms with van der Waals surface area (Å²) in [6.07, 6.45) is 3.32. The summed E-state index contributed by atoms with van der Waals surface area (Å²) in [7, 11) is 0. The SMILES string of the molecule is O=C1C[C@@H](C(=O)NCCc2ccccc2F)NC(=O)c2ccccc2OCCCNC(=O)[C@H](Cc2ccccc2)NC(=O)C2(CCCCC2)N1. The highest BCUT2D eigenvalue weighted by Gasteiger charge is 2.43. The minimum atomic E-state index is -1.32. The van der Waals surface area contributed by atoms with E-state index >= 15 is 0 Å². The maximum atomic E-state index is 14.2. The van der Waals surface area contributed by atoms with Crippen LogP contribution in [0.4, 0.5) is 4.39 Å². The Kier molecular flexibility index (Phi) is 12.5. The fourth-order valence-electron chi connectivity index (χ4n) is 6.38. The predicted octanol–water partition coefficient (Wildman–Crippen LogP) is 3.12. The number of amides is 5. The molecule has 5 rings (SSSR count). The van der Waals surface area contributed by atoms with Crippen molar-refractivity contribution in [2.45, 2.75) is 75.4 Å². The highest BCUT2D eigenvalue weighted by atomic mass is 19.1. The van der Waals surface area contributed by atoms with Gasteiger partial charge < -0.3 is 31.3 Å². The van der Waals surface area contributed by atoms with Gasteiger partial charge in [-0.05, 0) is 55.0 Å². The average molecular weight is 686 g/mol. The molecule has 1 spiro atoms. The molecule has 2 atom stereocenters. The quantitative estimate of drug-likeness (QED) is 0.269. The molecule has 1 saturated carbocycles. The van der Waals surface area contributed by atoms with E-state index in [-0.39, 0.29) is 49.8 Å². The maximum Gasteiger partial charge on any atom is 0.255 e. The molecular weight excluding hydrogens is 641 g/mol. The first-order valence-electron chi connectivity index (χ1n) is 17.2. The summed E-state index contributed by atoms with van der Waals surface area (Å²) in [5.41, 5.74) is 0.117. The van der Waals surface area contributed by atoms with Crippen LogP contribution in [0.25, 0.3) is 0 Å². The molecule has 2 aliphatic rings. The second-order valence-electron chi connectivity index (χ2n) is 12.8. The molecule has 5 amide bonds. The van der Waals surface area contributed by atoms with Gasteiger partial charge in [-0.1, -0.05) is 79.9 Å². The van der Waals surface area contributed by atoms with E-state index in [9.17, 15) is 28.4 Å². The van der Waals surface area contributed by atoms with E-state index in [0.717, 1.165) is 12.0 Å². The molecule has 3 aromatic carbocycles. The normalized spacial score (nSPS) is 20.4. The van der Waals surface area contributed by atoms with Gasteiger partial charge in [0.2, 0.25) is 23.6 Å². The van der Waals surface area contributed by atoms with Crippen LogP contribution in [-0.2, 0) is 32.0 Å². The third kappa shape index (κ3) is 9.67. The molecule has 0 saturated heterocycles. The largest absolute Gasteiger partial charge is 0.493 e. The molecule has 0 bridgehead atoms. The molecule has 3 aromatic rings. The number of rotatable bonds is 6. The lowest BCUT2D eigenvalue weighted by Crippen LogP contribution is -2.63. The zero-order chi connectivity index (χ0) is 35.3. The smallest absolute Gasteiger partial charge is 0.255 e. The van der Waals surface area contributed by atoms with Crippen LogP contribution in [0.3, 0.4) is 0 Å². The number of para-hydroxylation sites is 1. The molecule has 1 fully saturated rings. The fourth-order valence-corrected chi connectivity index (χ4v) is 6.38. The van der Waals surface area contributed by atoms with Crippen molar-refractivity contribution < 1.29 is 33.1 Å². The Morgan fingerprint density at radius 2 is 1.58 bits per heavy atom. The molecular formula is C38H44FN5O6. The Labute approximate surface area is 291 Å². The molecule has 264 valence electrons. The summed E-state index contributed by atoms with van der Waals surface area (Å²) in [6.45, 7) is 0.488. The number of fused-ring (bicyclic) bond motifs is 1. The third-order valence-corrected chi connectivity index (χ3v) is 9.10. The van der Waals surface area contributed by atoms with Crippen LogP contribution in [0.2, 0.25) is 0 Å². The lowest BCUT2D eigenvalue weighted by Gasteiger charge is -2.38. The number of halogens is 1. The monoisotopic (exact) mass is 685 g/mol. The molecule has 0 radical (unpaired) electrons. The number of ether oxygens (including phenoxy) is 1. The van der Waals surface area contributed by atoms with Crippen LogP contribution >= 0.6 is 0 Å². The summed E-state index contributed by atoms with van der Waals surface area (Å²) in [4.78, 5) is 68.4. The van der Waals surface area contributed by atoms with Crippen molar-refractivity contribution in [3.63, 3.8) is 0 Å². The topological polar surface area (TPSA) is 155 Å². The molecule has 1 aliphatic heterocycles. The molecule has 0 unspecified atom stereocenters. The van der Waals surface area contributed by atoms with Crippen LogP contribution in [-0.4, -0.2) is 66.9 Å². The Hall–Kier alpha value is -5.26. The zero-order valence-electron chi connectivity index (χ0n) is 28.0.